The van der Waals surface area contributed by atoms with E-state index in [1.807, 2.05) is 55.5 Å². The normalized spacial score (nSPS) is 11.1. The van der Waals surface area contributed by atoms with Crippen molar-refractivity contribution in [3.8, 4) is 5.75 Å². The molecule has 0 radical (unpaired) electrons. The lowest BCUT2D eigenvalue weighted by atomic mass is 9.87. The van der Waals surface area contributed by atoms with E-state index in [0.29, 0.717) is 12.2 Å². The Morgan fingerprint density at radius 1 is 1.09 bits per heavy atom. The molecule has 1 N–H and O–H groups in total. The Morgan fingerprint density at radius 3 is 2.36 bits per heavy atom. The van der Waals surface area contributed by atoms with Crippen LogP contribution in [0, 0.1) is 0 Å². The van der Waals surface area contributed by atoms with E-state index in [0.717, 1.165) is 11.4 Å². The summed E-state index contributed by atoms with van der Waals surface area (Å²) >= 11 is 0. The molecule has 0 bridgehead atoms. The fraction of sp³-hybridized carbons (Fsp3) is 0.316. The minimum absolute atomic E-state index is 0.0842. The zero-order chi connectivity index (χ0) is 16.2. The summed E-state index contributed by atoms with van der Waals surface area (Å²) in [5.74, 6) is 0.637. The van der Waals surface area contributed by atoms with Crippen molar-refractivity contribution in [1.29, 1.82) is 0 Å². The minimum atomic E-state index is -0.117. The van der Waals surface area contributed by atoms with Gasteiger partial charge in [-0.15, -0.1) is 0 Å². The van der Waals surface area contributed by atoms with E-state index in [2.05, 4.69) is 26.1 Å². The van der Waals surface area contributed by atoms with Gasteiger partial charge in [0.1, 0.15) is 5.75 Å². The summed E-state index contributed by atoms with van der Waals surface area (Å²) in [5.41, 5.74) is 2.67. The van der Waals surface area contributed by atoms with Crippen LogP contribution in [-0.2, 0) is 5.41 Å². The van der Waals surface area contributed by atoms with Crippen molar-refractivity contribution in [2.75, 3.05) is 11.9 Å². The maximum Gasteiger partial charge on any atom is 0.255 e. The molecule has 0 saturated carbocycles. The van der Waals surface area contributed by atoms with E-state index in [1.165, 1.54) is 5.56 Å². The monoisotopic (exact) mass is 297 g/mol. The molecule has 3 nitrogen and oxygen atoms in total. The van der Waals surface area contributed by atoms with E-state index >= 15 is 0 Å². The van der Waals surface area contributed by atoms with E-state index < -0.39 is 0 Å². The smallest absolute Gasteiger partial charge is 0.255 e. The first-order valence-electron chi connectivity index (χ1n) is 7.55. The summed E-state index contributed by atoms with van der Waals surface area (Å²) in [4.78, 5) is 12.3. The Balaban J connectivity index is 2.10. The number of carbonyl (C=O) groups excluding carboxylic acids is 1. The van der Waals surface area contributed by atoms with Crippen molar-refractivity contribution < 1.29 is 9.53 Å². The summed E-state index contributed by atoms with van der Waals surface area (Å²) in [7, 11) is 0. The van der Waals surface area contributed by atoms with Gasteiger partial charge in [0.25, 0.3) is 5.91 Å². The molecule has 0 unspecified atom stereocenters. The molecule has 0 aliphatic rings. The fourth-order valence-electron chi connectivity index (χ4n) is 2.16. The second kappa shape index (κ2) is 6.65. The number of hydrogen-bond donors (Lipinski definition) is 1. The number of ether oxygens (including phenoxy) is 1. The van der Waals surface area contributed by atoms with Crippen molar-refractivity contribution >= 4 is 11.6 Å². The van der Waals surface area contributed by atoms with E-state index in [9.17, 15) is 4.79 Å². The van der Waals surface area contributed by atoms with Crippen LogP contribution < -0.4 is 10.1 Å². The highest BCUT2D eigenvalue weighted by atomic mass is 16.5. The highest BCUT2D eigenvalue weighted by Crippen LogP contribution is 2.23. The van der Waals surface area contributed by atoms with Crippen LogP contribution in [-0.4, -0.2) is 12.5 Å². The van der Waals surface area contributed by atoms with Crippen LogP contribution in [0.25, 0.3) is 0 Å². The first kappa shape index (κ1) is 16.1. The van der Waals surface area contributed by atoms with Gasteiger partial charge in [-0.2, -0.15) is 0 Å². The van der Waals surface area contributed by atoms with Crippen LogP contribution in [0.1, 0.15) is 43.6 Å². The molecule has 3 heteroatoms. The number of benzene rings is 2. The number of carbonyl (C=O) groups is 1. The van der Waals surface area contributed by atoms with Gasteiger partial charge in [-0.05, 0) is 42.2 Å². The summed E-state index contributed by atoms with van der Waals surface area (Å²) in [6, 6.07) is 15.1. The molecule has 0 atom stereocenters. The van der Waals surface area contributed by atoms with E-state index in [1.54, 1.807) is 0 Å². The number of anilines is 1. The Bertz CT molecular complexity index is 639. The molecule has 2 rings (SSSR count). The van der Waals surface area contributed by atoms with Crippen LogP contribution in [0.2, 0.25) is 0 Å². The molecular weight excluding hydrogens is 274 g/mol. The molecule has 0 fully saturated rings. The third kappa shape index (κ3) is 4.10. The SMILES string of the molecule is CCOc1cccc(NC(=O)c2ccc(C(C)(C)C)cc2)c1. The Kier molecular flexibility index (Phi) is 4.86. The number of rotatable bonds is 4. The molecule has 0 aromatic heterocycles. The maximum atomic E-state index is 12.3. The molecular formula is C19H23NO2. The van der Waals surface area contributed by atoms with E-state index in [4.69, 9.17) is 4.74 Å². The molecule has 0 aliphatic carbocycles. The Labute approximate surface area is 132 Å². The molecule has 2 aromatic carbocycles. The first-order chi connectivity index (χ1) is 10.4. The Morgan fingerprint density at radius 2 is 1.77 bits per heavy atom. The topological polar surface area (TPSA) is 38.3 Å². The lowest BCUT2D eigenvalue weighted by Crippen LogP contribution is -2.14. The maximum absolute atomic E-state index is 12.3. The average Bonchev–Trinajstić information content (AvgIpc) is 2.47. The highest BCUT2D eigenvalue weighted by Gasteiger charge is 2.14. The van der Waals surface area contributed by atoms with Crippen molar-refractivity contribution in [2.45, 2.75) is 33.1 Å². The molecule has 0 heterocycles. The molecule has 0 spiro atoms. The van der Waals surface area contributed by atoms with Gasteiger partial charge >= 0.3 is 0 Å². The van der Waals surface area contributed by atoms with Gasteiger partial charge in [-0.1, -0.05) is 39.0 Å². The quantitative estimate of drug-likeness (QED) is 0.893. The molecule has 2 aromatic rings. The number of hydrogen-bond acceptors (Lipinski definition) is 2. The molecule has 0 saturated heterocycles. The molecule has 0 aliphatic heterocycles. The van der Waals surface area contributed by atoms with Crippen LogP contribution in [0.15, 0.2) is 48.5 Å². The van der Waals surface area contributed by atoms with Crippen LogP contribution >= 0.6 is 0 Å². The average molecular weight is 297 g/mol. The molecule has 22 heavy (non-hydrogen) atoms. The van der Waals surface area contributed by atoms with Crippen LogP contribution in [0.5, 0.6) is 5.75 Å². The fourth-order valence-corrected chi connectivity index (χ4v) is 2.16. The van der Waals surface area contributed by atoms with Crippen LogP contribution in [0.4, 0.5) is 5.69 Å². The van der Waals surface area contributed by atoms with Crippen molar-refractivity contribution in [1.82, 2.24) is 0 Å². The lowest BCUT2D eigenvalue weighted by molar-refractivity contribution is 0.102. The van der Waals surface area contributed by atoms with E-state index in [-0.39, 0.29) is 11.3 Å². The van der Waals surface area contributed by atoms with Gasteiger partial charge in [0.2, 0.25) is 0 Å². The first-order valence-corrected chi connectivity index (χ1v) is 7.55. The molecule has 116 valence electrons. The molecule has 1 amide bonds. The minimum Gasteiger partial charge on any atom is -0.494 e. The van der Waals surface area contributed by atoms with Gasteiger partial charge in [0.05, 0.1) is 6.61 Å². The van der Waals surface area contributed by atoms with Gasteiger partial charge in [0.15, 0.2) is 0 Å². The number of amides is 1. The second-order valence-electron chi connectivity index (χ2n) is 6.24. The van der Waals surface area contributed by atoms with Gasteiger partial charge in [0, 0.05) is 17.3 Å². The van der Waals surface area contributed by atoms with Gasteiger partial charge in [-0.3, -0.25) is 4.79 Å². The van der Waals surface area contributed by atoms with Gasteiger partial charge < -0.3 is 10.1 Å². The zero-order valence-electron chi connectivity index (χ0n) is 13.6. The summed E-state index contributed by atoms with van der Waals surface area (Å²) < 4.78 is 5.44. The third-order valence-electron chi connectivity index (χ3n) is 3.42. The summed E-state index contributed by atoms with van der Waals surface area (Å²) in [6.07, 6.45) is 0. The largest absolute Gasteiger partial charge is 0.494 e. The Hall–Kier alpha value is -2.29. The standard InChI is InChI=1S/C19H23NO2/c1-5-22-17-8-6-7-16(13-17)20-18(21)14-9-11-15(12-10-14)19(2,3)4/h6-13H,5H2,1-4H3,(H,20,21). The predicted octanol–water partition coefficient (Wildman–Crippen LogP) is 4.64. The highest BCUT2D eigenvalue weighted by molar-refractivity contribution is 6.04. The van der Waals surface area contributed by atoms with Crippen molar-refractivity contribution in [2.24, 2.45) is 0 Å². The zero-order valence-corrected chi connectivity index (χ0v) is 13.6. The third-order valence-corrected chi connectivity index (χ3v) is 3.42. The lowest BCUT2D eigenvalue weighted by Gasteiger charge is -2.19. The van der Waals surface area contributed by atoms with Crippen molar-refractivity contribution in [3.63, 3.8) is 0 Å². The second-order valence-corrected chi connectivity index (χ2v) is 6.24. The van der Waals surface area contributed by atoms with Crippen LogP contribution in [0.3, 0.4) is 0 Å². The summed E-state index contributed by atoms with van der Waals surface area (Å²) in [5, 5.41) is 2.90. The van der Waals surface area contributed by atoms with Crippen molar-refractivity contribution in [3.05, 3.63) is 59.7 Å². The summed E-state index contributed by atoms with van der Waals surface area (Å²) in [6.45, 7) is 9.00. The number of nitrogens with one attached hydrogen (secondary N) is 1. The van der Waals surface area contributed by atoms with Gasteiger partial charge in [-0.25, -0.2) is 0 Å². The predicted molar refractivity (Wildman–Crippen MR) is 90.7 cm³/mol.